The number of hydrogen-bond donors (Lipinski definition) is 0. The summed E-state index contributed by atoms with van der Waals surface area (Å²) in [6, 6.07) is 17.7. The first-order valence-corrected chi connectivity index (χ1v) is 11.3. The SMILES string of the molecule is CC(Oc1ccc(-c2ccccc2)cc1)C(=O)N1CCN(C(=O)C(=O)N2CCOCC2)CC1. The van der Waals surface area contributed by atoms with Gasteiger partial charge in [-0.25, -0.2) is 0 Å². The van der Waals surface area contributed by atoms with Crippen LogP contribution in [0, 0.1) is 0 Å². The van der Waals surface area contributed by atoms with E-state index < -0.39 is 17.9 Å². The maximum Gasteiger partial charge on any atom is 0.312 e. The standard InChI is InChI=1S/C25H29N3O5/c1-19(33-22-9-7-21(8-10-22)20-5-3-2-4-6-20)23(29)26-11-13-27(14-12-26)24(30)25(31)28-15-17-32-18-16-28/h2-10,19H,11-18H2,1H3. The molecule has 2 aliphatic heterocycles. The molecule has 8 heteroatoms. The number of rotatable bonds is 4. The lowest BCUT2D eigenvalue weighted by atomic mass is 10.1. The van der Waals surface area contributed by atoms with Gasteiger partial charge in [0.2, 0.25) is 0 Å². The Hall–Kier alpha value is -3.39. The minimum atomic E-state index is -0.648. The molecule has 33 heavy (non-hydrogen) atoms. The lowest BCUT2D eigenvalue weighted by molar-refractivity contribution is -0.156. The summed E-state index contributed by atoms with van der Waals surface area (Å²) in [6.07, 6.45) is -0.648. The minimum Gasteiger partial charge on any atom is -0.481 e. The van der Waals surface area contributed by atoms with Crippen molar-refractivity contribution in [1.82, 2.24) is 14.7 Å². The van der Waals surface area contributed by atoms with E-state index in [2.05, 4.69) is 0 Å². The molecule has 2 saturated heterocycles. The summed E-state index contributed by atoms with van der Waals surface area (Å²) in [5.74, 6) is -0.505. The van der Waals surface area contributed by atoms with Crippen LogP contribution in [0.4, 0.5) is 0 Å². The Morgan fingerprint density at radius 1 is 0.727 bits per heavy atom. The van der Waals surface area contributed by atoms with E-state index in [1.807, 2.05) is 54.6 Å². The highest BCUT2D eigenvalue weighted by molar-refractivity contribution is 6.34. The van der Waals surface area contributed by atoms with Gasteiger partial charge in [0.1, 0.15) is 5.75 Å². The highest BCUT2D eigenvalue weighted by atomic mass is 16.5. The van der Waals surface area contributed by atoms with E-state index in [1.165, 1.54) is 9.80 Å². The molecule has 0 spiro atoms. The lowest BCUT2D eigenvalue weighted by Crippen LogP contribution is -2.56. The molecule has 8 nitrogen and oxygen atoms in total. The van der Waals surface area contributed by atoms with E-state index >= 15 is 0 Å². The Morgan fingerprint density at radius 3 is 1.85 bits per heavy atom. The number of carbonyl (C=O) groups excluding carboxylic acids is 3. The first-order valence-electron chi connectivity index (χ1n) is 11.3. The van der Waals surface area contributed by atoms with Crippen LogP contribution in [0.1, 0.15) is 6.92 Å². The molecule has 0 radical (unpaired) electrons. The quantitative estimate of drug-likeness (QED) is 0.661. The van der Waals surface area contributed by atoms with Gasteiger partial charge in [-0.3, -0.25) is 14.4 Å². The first-order chi connectivity index (χ1) is 16.0. The third-order valence-electron chi connectivity index (χ3n) is 5.98. The fourth-order valence-electron chi connectivity index (χ4n) is 4.04. The Morgan fingerprint density at radius 2 is 1.24 bits per heavy atom. The molecule has 4 rings (SSSR count). The van der Waals surface area contributed by atoms with E-state index in [1.54, 1.807) is 11.8 Å². The zero-order chi connectivity index (χ0) is 23.2. The van der Waals surface area contributed by atoms with Crippen molar-refractivity contribution >= 4 is 17.7 Å². The summed E-state index contributed by atoms with van der Waals surface area (Å²) in [5.41, 5.74) is 2.20. The van der Waals surface area contributed by atoms with Gasteiger partial charge in [0.25, 0.3) is 5.91 Å². The molecule has 1 atom stereocenters. The van der Waals surface area contributed by atoms with Gasteiger partial charge in [0.15, 0.2) is 6.10 Å². The molecule has 2 aliphatic rings. The number of piperazine rings is 1. The van der Waals surface area contributed by atoms with Gasteiger partial charge in [-0.05, 0) is 30.2 Å². The van der Waals surface area contributed by atoms with Crippen molar-refractivity contribution in [2.45, 2.75) is 13.0 Å². The molecule has 2 aromatic rings. The van der Waals surface area contributed by atoms with Crippen molar-refractivity contribution in [3.05, 3.63) is 54.6 Å². The number of benzene rings is 2. The summed E-state index contributed by atoms with van der Waals surface area (Å²) >= 11 is 0. The number of nitrogens with zero attached hydrogens (tertiary/aromatic N) is 3. The second-order valence-electron chi connectivity index (χ2n) is 8.17. The zero-order valence-corrected chi connectivity index (χ0v) is 18.8. The number of amides is 3. The van der Waals surface area contributed by atoms with Crippen LogP contribution in [0.3, 0.4) is 0 Å². The van der Waals surface area contributed by atoms with E-state index in [-0.39, 0.29) is 5.91 Å². The first kappa shape index (κ1) is 22.8. The minimum absolute atomic E-state index is 0.131. The molecule has 0 aromatic heterocycles. The van der Waals surface area contributed by atoms with Crippen molar-refractivity contribution in [3.63, 3.8) is 0 Å². The highest BCUT2D eigenvalue weighted by Crippen LogP contribution is 2.23. The molecule has 2 heterocycles. The van der Waals surface area contributed by atoms with Gasteiger partial charge in [-0.1, -0.05) is 42.5 Å². The van der Waals surface area contributed by atoms with Crippen LogP contribution >= 0.6 is 0 Å². The number of hydrogen-bond acceptors (Lipinski definition) is 5. The molecule has 0 saturated carbocycles. The lowest BCUT2D eigenvalue weighted by Gasteiger charge is -2.36. The third kappa shape index (κ3) is 5.51. The van der Waals surface area contributed by atoms with Gasteiger partial charge in [0.05, 0.1) is 13.2 Å². The molecule has 1 unspecified atom stereocenters. The maximum absolute atomic E-state index is 12.9. The van der Waals surface area contributed by atoms with Crippen LogP contribution in [0.5, 0.6) is 5.75 Å². The largest absolute Gasteiger partial charge is 0.481 e. The summed E-state index contributed by atoms with van der Waals surface area (Å²) in [6.45, 7) is 4.92. The van der Waals surface area contributed by atoms with E-state index in [0.29, 0.717) is 58.2 Å². The molecule has 174 valence electrons. The molecule has 0 aliphatic carbocycles. The monoisotopic (exact) mass is 451 g/mol. The number of morpholine rings is 1. The molecular weight excluding hydrogens is 422 g/mol. The normalized spacial score (nSPS) is 17.4. The van der Waals surface area contributed by atoms with E-state index in [4.69, 9.17) is 9.47 Å². The summed E-state index contributed by atoms with van der Waals surface area (Å²) in [5, 5.41) is 0. The van der Waals surface area contributed by atoms with Gasteiger partial charge in [-0.15, -0.1) is 0 Å². The van der Waals surface area contributed by atoms with E-state index in [0.717, 1.165) is 11.1 Å². The van der Waals surface area contributed by atoms with Crippen LogP contribution in [-0.4, -0.2) is 91.0 Å². The van der Waals surface area contributed by atoms with Crippen LogP contribution in [0.15, 0.2) is 54.6 Å². The third-order valence-corrected chi connectivity index (χ3v) is 5.98. The van der Waals surface area contributed by atoms with Crippen molar-refractivity contribution in [3.8, 4) is 16.9 Å². The van der Waals surface area contributed by atoms with Crippen LogP contribution in [0.25, 0.3) is 11.1 Å². The average molecular weight is 452 g/mol. The summed E-state index contributed by atoms with van der Waals surface area (Å²) in [4.78, 5) is 42.6. The van der Waals surface area contributed by atoms with Crippen molar-refractivity contribution < 1.29 is 23.9 Å². The second-order valence-corrected chi connectivity index (χ2v) is 8.17. The predicted octanol–water partition coefficient (Wildman–Crippen LogP) is 1.65. The van der Waals surface area contributed by atoms with Gasteiger partial charge in [-0.2, -0.15) is 0 Å². The van der Waals surface area contributed by atoms with Gasteiger partial charge < -0.3 is 24.2 Å². The molecule has 2 aromatic carbocycles. The number of ether oxygens (including phenoxy) is 2. The topological polar surface area (TPSA) is 79.4 Å². The summed E-state index contributed by atoms with van der Waals surface area (Å²) < 4.78 is 11.1. The van der Waals surface area contributed by atoms with Crippen LogP contribution in [-0.2, 0) is 19.1 Å². The molecule has 0 bridgehead atoms. The fraction of sp³-hybridized carbons (Fsp3) is 0.400. The smallest absolute Gasteiger partial charge is 0.312 e. The molecule has 0 N–H and O–H groups in total. The zero-order valence-electron chi connectivity index (χ0n) is 18.8. The molecular formula is C25H29N3O5. The maximum atomic E-state index is 12.9. The average Bonchev–Trinajstić information content (AvgIpc) is 2.89. The van der Waals surface area contributed by atoms with Gasteiger partial charge >= 0.3 is 11.8 Å². The summed E-state index contributed by atoms with van der Waals surface area (Å²) in [7, 11) is 0. The Kier molecular flexibility index (Phi) is 7.24. The Bertz CT molecular complexity index is 965. The van der Waals surface area contributed by atoms with Crippen molar-refractivity contribution in [2.75, 3.05) is 52.5 Å². The number of carbonyl (C=O) groups is 3. The Labute approximate surface area is 193 Å². The Balaban J connectivity index is 1.26. The second kappa shape index (κ2) is 10.5. The highest BCUT2D eigenvalue weighted by Gasteiger charge is 2.32. The predicted molar refractivity (Wildman–Crippen MR) is 123 cm³/mol. The van der Waals surface area contributed by atoms with Crippen LogP contribution in [0.2, 0.25) is 0 Å². The van der Waals surface area contributed by atoms with Crippen molar-refractivity contribution in [2.24, 2.45) is 0 Å². The molecule has 3 amide bonds. The van der Waals surface area contributed by atoms with Crippen LogP contribution < -0.4 is 4.74 Å². The van der Waals surface area contributed by atoms with Gasteiger partial charge in [0, 0.05) is 39.3 Å². The fourth-order valence-corrected chi connectivity index (χ4v) is 4.04. The van der Waals surface area contributed by atoms with E-state index in [9.17, 15) is 14.4 Å². The molecule has 2 fully saturated rings. The van der Waals surface area contributed by atoms with Crippen molar-refractivity contribution in [1.29, 1.82) is 0 Å².